The Bertz CT molecular complexity index is 845. The van der Waals surface area contributed by atoms with E-state index in [0.29, 0.717) is 29.8 Å². The first kappa shape index (κ1) is 20.4. The first-order valence-electron chi connectivity index (χ1n) is 9.15. The Morgan fingerprint density at radius 1 is 1.31 bits per heavy atom. The molecule has 0 aliphatic rings. The van der Waals surface area contributed by atoms with Crippen LogP contribution >= 0.6 is 11.6 Å². The van der Waals surface area contributed by atoms with Gasteiger partial charge in [0, 0.05) is 19.0 Å². The van der Waals surface area contributed by atoms with E-state index in [4.69, 9.17) is 16.6 Å². The van der Waals surface area contributed by atoms with E-state index in [9.17, 15) is 9.59 Å². The number of halogens is 1. The fraction of sp³-hybridized carbons (Fsp3) is 0.550. The number of carbonyl (C=O) groups is 1. The Labute approximate surface area is 160 Å². The molecule has 0 N–H and O–H groups in total. The summed E-state index contributed by atoms with van der Waals surface area (Å²) >= 11 is 6.01. The molecule has 1 aromatic carbocycles. The molecule has 142 valence electrons. The molecule has 26 heavy (non-hydrogen) atoms. The van der Waals surface area contributed by atoms with Gasteiger partial charge in [0.2, 0.25) is 5.91 Å². The zero-order chi connectivity index (χ0) is 19.5. The van der Waals surface area contributed by atoms with Gasteiger partial charge in [0.05, 0.1) is 22.4 Å². The smallest absolute Gasteiger partial charge is 0.261 e. The second kappa shape index (κ2) is 8.21. The molecule has 0 aliphatic carbocycles. The molecule has 0 saturated carbocycles. The number of alkyl halides is 1. The molecule has 0 aliphatic heterocycles. The standard InChI is InChI=1S/C20H28ClN3O2/c1-6-12-24-17(22-16-11-9-8-10-15(16)18(24)25)14(3)23(7-2)19(26)20(4,5)13-21/h8-11,14H,6-7,12-13H2,1-5H3. The van der Waals surface area contributed by atoms with Crippen LogP contribution in [0.5, 0.6) is 0 Å². The van der Waals surface area contributed by atoms with E-state index >= 15 is 0 Å². The molecule has 0 saturated heterocycles. The van der Waals surface area contributed by atoms with Gasteiger partial charge in [-0.05, 0) is 46.2 Å². The van der Waals surface area contributed by atoms with Crippen LogP contribution in [0.25, 0.3) is 10.9 Å². The molecule has 6 heteroatoms. The minimum Gasteiger partial charge on any atom is -0.333 e. The number of carbonyl (C=O) groups excluding carboxylic acids is 1. The minimum atomic E-state index is -0.668. The van der Waals surface area contributed by atoms with Crippen molar-refractivity contribution in [3.8, 4) is 0 Å². The van der Waals surface area contributed by atoms with Crippen molar-refractivity contribution in [3.05, 3.63) is 40.4 Å². The number of nitrogens with zero attached hydrogens (tertiary/aromatic N) is 3. The van der Waals surface area contributed by atoms with Crippen LogP contribution in [0, 0.1) is 5.41 Å². The summed E-state index contributed by atoms with van der Waals surface area (Å²) in [5.74, 6) is 0.825. The summed E-state index contributed by atoms with van der Waals surface area (Å²) < 4.78 is 1.70. The van der Waals surface area contributed by atoms with Crippen molar-refractivity contribution in [1.82, 2.24) is 14.5 Å². The Kier molecular flexibility index (Phi) is 6.45. The fourth-order valence-corrected chi connectivity index (χ4v) is 3.24. The monoisotopic (exact) mass is 377 g/mol. The summed E-state index contributed by atoms with van der Waals surface area (Å²) in [5.41, 5.74) is -0.0651. The maximum Gasteiger partial charge on any atom is 0.261 e. The topological polar surface area (TPSA) is 55.2 Å². The summed E-state index contributed by atoms with van der Waals surface area (Å²) in [7, 11) is 0. The molecule has 2 aromatic rings. The minimum absolute atomic E-state index is 0.0343. The molecule has 0 fully saturated rings. The van der Waals surface area contributed by atoms with Gasteiger partial charge < -0.3 is 4.90 Å². The van der Waals surface area contributed by atoms with Crippen LogP contribution in [-0.2, 0) is 11.3 Å². The third-order valence-electron chi connectivity index (χ3n) is 4.69. The first-order valence-corrected chi connectivity index (χ1v) is 9.68. The number of hydrogen-bond donors (Lipinski definition) is 0. The zero-order valence-electron chi connectivity index (χ0n) is 16.3. The average Bonchev–Trinajstić information content (AvgIpc) is 2.64. The van der Waals surface area contributed by atoms with Crippen molar-refractivity contribution in [2.75, 3.05) is 12.4 Å². The van der Waals surface area contributed by atoms with Crippen LogP contribution in [0.4, 0.5) is 0 Å². The van der Waals surface area contributed by atoms with Gasteiger partial charge in [-0.1, -0.05) is 19.1 Å². The van der Waals surface area contributed by atoms with E-state index in [-0.39, 0.29) is 23.4 Å². The summed E-state index contributed by atoms with van der Waals surface area (Å²) in [4.78, 5) is 32.5. The van der Waals surface area contributed by atoms with Gasteiger partial charge in [-0.25, -0.2) is 4.98 Å². The second-order valence-electron chi connectivity index (χ2n) is 7.23. The van der Waals surface area contributed by atoms with Gasteiger partial charge >= 0.3 is 0 Å². The normalized spacial score (nSPS) is 13.0. The predicted octanol–water partition coefficient (Wildman–Crippen LogP) is 3.98. The summed E-state index contributed by atoms with van der Waals surface area (Å²) in [5, 5.41) is 0.604. The highest BCUT2D eigenvalue weighted by Crippen LogP contribution is 2.27. The third kappa shape index (κ3) is 3.78. The number of rotatable bonds is 7. The lowest BCUT2D eigenvalue weighted by Crippen LogP contribution is -2.44. The van der Waals surface area contributed by atoms with Gasteiger partial charge in [0.25, 0.3) is 5.56 Å². The molecule has 0 spiro atoms. The molecular formula is C20H28ClN3O2. The van der Waals surface area contributed by atoms with Crippen LogP contribution in [0.2, 0.25) is 0 Å². The van der Waals surface area contributed by atoms with Gasteiger partial charge in [0.15, 0.2) is 0 Å². The Morgan fingerprint density at radius 2 is 1.96 bits per heavy atom. The van der Waals surface area contributed by atoms with Crippen molar-refractivity contribution in [2.24, 2.45) is 5.41 Å². The zero-order valence-corrected chi connectivity index (χ0v) is 17.0. The van der Waals surface area contributed by atoms with E-state index in [1.165, 1.54) is 0 Å². The average molecular weight is 378 g/mol. The molecule has 1 unspecified atom stereocenters. The molecular weight excluding hydrogens is 350 g/mol. The Morgan fingerprint density at radius 3 is 2.54 bits per heavy atom. The quantitative estimate of drug-likeness (QED) is 0.686. The maximum absolute atomic E-state index is 13.0. The molecule has 1 atom stereocenters. The van der Waals surface area contributed by atoms with Gasteiger partial charge in [-0.3, -0.25) is 14.2 Å². The van der Waals surface area contributed by atoms with Crippen LogP contribution in [0.3, 0.4) is 0 Å². The van der Waals surface area contributed by atoms with E-state index in [0.717, 1.165) is 6.42 Å². The molecule has 0 bridgehead atoms. The van der Waals surface area contributed by atoms with Crippen LogP contribution in [0.1, 0.15) is 52.9 Å². The van der Waals surface area contributed by atoms with Gasteiger partial charge in [-0.2, -0.15) is 0 Å². The molecule has 0 radical (unpaired) electrons. The number of aromatic nitrogens is 2. The number of para-hydroxylation sites is 1. The lowest BCUT2D eigenvalue weighted by molar-refractivity contribution is -0.141. The van der Waals surface area contributed by atoms with Crippen molar-refractivity contribution in [1.29, 1.82) is 0 Å². The lowest BCUT2D eigenvalue weighted by atomic mass is 9.93. The molecule has 1 heterocycles. The third-order valence-corrected chi connectivity index (χ3v) is 5.36. The molecule has 1 amide bonds. The van der Waals surface area contributed by atoms with Crippen molar-refractivity contribution in [2.45, 2.75) is 53.6 Å². The van der Waals surface area contributed by atoms with Gasteiger partial charge in [0.1, 0.15) is 5.82 Å². The highest BCUT2D eigenvalue weighted by molar-refractivity contribution is 6.19. The van der Waals surface area contributed by atoms with E-state index < -0.39 is 5.41 Å². The van der Waals surface area contributed by atoms with E-state index in [1.807, 2.05) is 52.8 Å². The first-order chi connectivity index (χ1) is 12.3. The molecule has 5 nitrogen and oxygen atoms in total. The predicted molar refractivity (Wildman–Crippen MR) is 107 cm³/mol. The van der Waals surface area contributed by atoms with Crippen LogP contribution in [0.15, 0.2) is 29.1 Å². The van der Waals surface area contributed by atoms with E-state index in [1.54, 1.807) is 15.5 Å². The largest absolute Gasteiger partial charge is 0.333 e. The van der Waals surface area contributed by atoms with Crippen molar-refractivity contribution in [3.63, 3.8) is 0 Å². The highest BCUT2D eigenvalue weighted by atomic mass is 35.5. The second-order valence-corrected chi connectivity index (χ2v) is 7.50. The lowest BCUT2D eigenvalue weighted by Gasteiger charge is -2.34. The summed E-state index contributed by atoms with van der Waals surface area (Å²) in [6.07, 6.45) is 0.812. The molecule has 2 rings (SSSR count). The SMILES string of the molecule is CCCn1c(C(C)N(CC)C(=O)C(C)(C)CCl)nc2ccccc2c1=O. The Balaban J connectivity index is 2.61. The number of amides is 1. The maximum atomic E-state index is 13.0. The summed E-state index contributed by atoms with van der Waals surface area (Å²) in [6, 6.07) is 7.02. The number of benzene rings is 1. The fourth-order valence-electron chi connectivity index (χ4n) is 3.12. The number of hydrogen-bond acceptors (Lipinski definition) is 3. The number of fused-ring (bicyclic) bond motifs is 1. The van der Waals surface area contributed by atoms with Crippen LogP contribution < -0.4 is 5.56 Å². The molecule has 1 aromatic heterocycles. The summed E-state index contributed by atoms with van der Waals surface area (Å²) in [6.45, 7) is 10.7. The van der Waals surface area contributed by atoms with E-state index in [2.05, 4.69) is 0 Å². The van der Waals surface area contributed by atoms with Crippen molar-refractivity contribution < 1.29 is 4.79 Å². The Hall–Kier alpha value is -1.88. The van der Waals surface area contributed by atoms with Gasteiger partial charge in [-0.15, -0.1) is 11.6 Å². The van der Waals surface area contributed by atoms with Crippen molar-refractivity contribution >= 4 is 28.4 Å². The highest BCUT2D eigenvalue weighted by Gasteiger charge is 2.34. The van der Waals surface area contributed by atoms with Crippen LogP contribution in [-0.4, -0.2) is 32.8 Å².